The molecule has 134 valence electrons. The number of nitrogens with zero attached hydrogens (tertiary/aromatic N) is 3. The first-order chi connectivity index (χ1) is 13.2. The number of aromatic nitrogens is 3. The van der Waals surface area contributed by atoms with Crippen molar-refractivity contribution in [3.8, 4) is 11.4 Å². The third-order valence-corrected chi connectivity index (χ3v) is 4.56. The van der Waals surface area contributed by atoms with Gasteiger partial charge in [0.05, 0.1) is 30.0 Å². The number of fused-ring (bicyclic) bond motifs is 1. The Morgan fingerprint density at radius 3 is 2.70 bits per heavy atom. The Kier molecular flexibility index (Phi) is 4.66. The zero-order valence-electron chi connectivity index (χ0n) is 15.1. The Balaban J connectivity index is 1.44. The largest absolute Gasteiger partial charge is 0.350 e. The number of hydrogen-bond acceptors (Lipinski definition) is 3. The van der Waals surface area contributed by atoms with Gasteiger partial charge < -0.3 is 5.32 Å². The van der Waals surface area contributed by atoms with Crippen LogP contribution in [0.4, 0.5) is 0 Å². The van der Waals surface area contributed by atoms with Crippen molar-refractivity contribution < 1.29 is 4.79 Å². The van der Waals surface area contributed by atoms with Crippen molar-refractivity contribution in [3.05, 3.63) is 84.2 Å². The summed E-state index contributed by atoms with van der Waals surface area (Å²) in [6.07, 6.45) is 2.11. The van der Waals surface area contributed by atoms with Gasteiger partial charge in [0.25, 0.3) is 0 Å². The van der Waals surface area contributed by atoms with E-state index in [0.717, 1.165) is 33.4 Å². The van der Waals surface area contributed by atoms with Crippen LogP contribution < -0.4 is 5.32 Å². The predicted octanol–water partition coefficient (Wildman–Crippen LogP) is 3.49. The molecule has 0 spiro atoms. The number of carbonyl (C=O) groups is 1. The second-order valence-electron chi connectivity index (χ2n) is 6.45. The molecule has 0 saturated heterocycles. The van der Waals surface area contributed by atoms with E-state index >= 15 is 0 Å². The number of benzene rings is 2. The average molecular weight is 356 g/mol. The molecule has 4 aromatic rings. The summed E-state index contributed by atoms with van der Waals surface area (Å²) in [6, 6.07) is 21.9. The number of amides is 1. The van der Waals surface area contributed by atoms with Crippen molar-refractivity contribution in [1.82, 2.24) is 20.1 Å². The van der Waals surface area contributed by atoms with E-state index in [0.29, 0.717) is 13.0 Å². The van der Waals surface area contributed by atoms with Gasteiger partial charge in [-0.05, 0) is 34.5 Å². The minimum atomic E-state index is -0.0172. The van der Waals surface area contributed by atoms with Gasteiger partial charge in [-0.2, -0.15) is 5.10 Å². The molecule has 27 heavy (non-hydrogen) atoms. The highest BCUT2D eigenvalue weighted by atomic mass is 16.1. The lowest BCUT2D eigenvalue weighted by Gasteiger charge is -2.07. The van der Waals surface area contributed by atoms with Gasteiger partial charge in [0.2, 0.25) is 5.91 Å². The maximum absolute atomic E-state index is 12.4. The number of aryl methyl sites for hydroxylation is 1. The normalized spacial score (nSPS) is 10.9. The molecule has 0 fully saturated rings. The molecule has 5 heteroatoms. The van der Waals surface area contributed by atoms with Crippen LogP contribution in [0.15, 0.2) is 72.9 Å². The summed E-state index contributed by atoms with van der Waals surface area (Å²) in [5.41, 5.74) is 3.62. The van der Waals surface area contributed by atoms with Crippen LogP contribution in [0, 0.1) is 0 Å². The van der Waals surface area contributed by atoms with Gasteiger partial charge in [-0.15, -0.1) is 0 Å². The number of pyridine rings is 1. The van der Waals surface area contributed by atoms with Crippen molar-refractivity contribution in [2.24, 2.45) is 7.05 Å². The number of carbonyl (C=O) groups excluding carboxylic acids is 1. The molecule has 1 amide bonds. The molecule has 0 aliphatic carbocycles. The van der Waals surface area contributed by atoms with Gasteiger partial charge in [0.1, 0.15) is 0 Å². The number of hydrogen-bond donors (Lipinski definition) is 1. The Morgan fingerprint density at radius 1 is 1.04 bits per heavy atom. The molecule has 5 nitrogen and oxygen atoms in total. The summed E-state index contributed by atoms with van der Waals surface area (Å²) < 4.78 is 1.79. The van der Waals surface area contributed by atoms with E-state index in [1.165, 1.54) is 0 Å². The lowest BCUT2D eigenvalue weighted by Crippen LogP contribution is -2.24. The Labute approximate surface area is 157 Å². The summed E-state index contributed by atoms with van der Waals surface area (Å²) in [7, 11) is 1.88. The summed E-state index contributed by atoms with van der Waals surface area (Å²) in [4.78, 5) is 16.8. The third kappa shape index (κ3) is 3.72. The van der Waals surface area contributed by atoms with Crippen LogP contribution in [0.1, 0.15) is 11.3 Å². The molecule has 4 rings (SSSR count). The summed E-state index contributed by atoms with van der Waals surface area (Å²) >= 11 is 0. The van der Waals surface area contributed by atoms with Crippen LogP contribution in [-0.4, -0.2) is 20.7 Å². The Morgan fingerprint density at radius 2 is 1.85 bits per heavy atom. The van der Waals surface area contributed by atoms with Crippen LogP contribution in [0.5, 0.6) is 0 Å². The molecule has 2 heterocycles. The van der Waals surface area contributed by atoms with Gasteiger partial charge in [-0.25, -0.2) is 0 Å². The minimum absolute atomic E-state index is 0.0172. The molecule has 0 bridgehead atoms. The first kappa shape index (κ1) is 17.0. The van der Waals surface area contributed by atoms with Crippen LogP contribution in [0.25, 0.3) is 22.2 Å². The minimum Gasteiger partial charge on any atom is -0.350 e. The lowest BCUT2D eigenvalue weighted by atomic mass is 10.0. The molecule has 2 aromatic carbocycles. The SMILES string of the molecule is Cn1nc(CNC(=O)Cc2cccc3ccccc23)cc1-c1ccccn1. The molecule has 0 aliphatic heterocycles. The van der Waals surface area contributed by atoms with Crippen molar-refractivity contribution in [3.63, 3.8) is 0 Å². The topological polar surface area (TPSA) is 59.8 Å². The maximum Gasteiger partial charge on any atom is 0.224 e. The maximum atomic E-state index is 12.4. The predicted molar refractivity (Wildman–Crippen MR) is 106 cm³/mol. The first-order valence-corrected chi connectivity index (χ1v) is 8.88. The molecule has 2 aromatic heterocycles. The Hall–Kier alpha value is -3.47. The fourth-order valence-corrected chi connectivity index (χ4v) is 3.24. The monoisotopic (exact) mass is 356 g/mol. The fraction of sp³-hybridized carbons (Fsp3) is 0.136. The van der Waals surface area contributed by atoms with E-state index in [-0.39, 0.29) is 5.91 Å². The molecule has 0 radical (unpaired) electrons. The second-order valence-corrected chi connectivity index (χ2v) is 6.45. The zero-order valence-corrected chi connectivity index (χ0v) is 15.1. The second kappa shape index (κ2) is 7.41. The average Bonchev–Trinajstić information content (AvgIpc) is 3.08. The van der Waals surface area contributed by atoms with Gasteiger partial charge in [0.15, 0.2) is 0 Å². The summed E-state index contributed by atoms with van der Waals surface area (Å²) in [6.45, 7) is 0.393. The van der Waals surface area contributed by atoms with E-state index in [1.807, 2.05) is 55.6 Å². The standard InChI is InChI=1S/C22H20N4O/c1-26-21(20-11-4-5-12-23-20)14-18(25-26)15-24-22(27)13-17-9-6-8-16-7-2-3-10-19(16)17/h2-12,14H,13,15H2,1H3,(H,24,27). The zero-order chi connectivity index (χ0) is 18.6. The van der Waals surface area contributed by atoms with Gasteiger partial charge in [0, 0.05) is 13.2 Å². The summed E-state index contributed by atoms with van der Waals surface area (Å²) in [5, 5.41) is 9.71. The molecule has 0 saturated carbocycles. The van der Waals surface area contributed by atoms with Gasteiger partial charge >= 0.3 is 0 Å². The van der Waals surface area contributed by atoms with Crippen molar-refractivity contribution in [2.75, 3.05) is 0 Å². The molecule has 1 N–H and O–H groups in total. The highest BCUT2D eigenvalue weighted by molar-refractivity contribution is 5.90. The highest BCUT2D eigenvalue weighted by Crippen LogP contribution is 2.19. The van der Waals surface area contributed by atoms with Crippen LogP contribution in [0.2, 0.25) is 0 Å². The third-order valence-electron chi connectivity index (χ3n) is 4.56. The summed E-state index contributed by atoms with van der Waals surface area (Å²) in [5.74, 6) is -0.0172. The van der Waals surface area contributed by atoms with E-state index < -0.39 is 0 Å². The Bertz CT molecular complexity index is 1080. The first-order valence-electron chi connectivity index (χ1n) is 8.88. The molecule has 0 aliphatic rings. The molecule has 0 unspecified atom stereocenters. The quantitative estimate of drug-likeness (QED) is 0.595. The van der Waals surface area contributed by atoms with E-state index in [2.05, 4.69) is 33.6 Å². The highest BCUT2D eigenvalue weighted by Gasteiger charge is 2.11. The van der Waals surface area contributed by atoms with Crippen LogP contribution in [0.3, 0.4) is 0 Å². The smallest absolute Gasteiger partial charge is 0.224 e. The van der Waals surface area contributed by atoms with Crippen molar-refractivity contribution >= 4 is 16.7 Å². The van der Waals surface area contributed by atoms with Crippen LogP contribution in [-0.2, 0) is 24.8 Å². The van der Waals surface area contributed by atoms with Crippen molar-refractivity contribution in [2.45, 2.75) is 13.0 Å². The van der Waals surface area contributed by atoms with Crippen molar-refractivity contribution in [1.29, 1.82) is 0 Å². The van der Waals surface area contributed by atoms with Gasteiger partial charge in [-0.3, -0.25) is 14.5 Å². The van der Waals surface area contributed by atoms with E-state index in [1.54, 1.807) is 10.9 Å². The lowest BCUT2D eigenvalue weighted by molar-refractivity contribution is -0.120. The number of nitrogens with one attached hydrogen (secondary N) is 1. The van der Waals surface area contributed by atoms with E-state index in [4.69, 9.17) is 0 Å². The molecular formula is C22H20N4O. The molecular weight excluding hydrogens is 336 g/mol. The van der Waals surface area contributed by atoms with Gasteiger partial charge in [-0.1, -0.05) is 48.5 Å². The molecule has 0 atom stereocenters. The van der Waals surface area contributed by atoms with E-state index in [9.17, 15) is 4.79 Å². The van der Waals surface area contributed by atoms with Crippen LogP contribution >= 0.6 is 0 Å². The number of rotatable bonds is 5. The fourth-order valence-electron chi connectivity index (χ4n) is 3.24.